The predicted octanol–water partition coefficient (Wildman–Crippen LogP) is 1.03. The molecular weight excluding hydrogens is 164 g/mol. The topological polar surface area (TPSA) is 32.3 Å². The van der Waals surface area contributed by atoms with Crippen LogP contribution in [0, 0.1) is 0 Å². The van der Waals surface area contributed by atoms with Gasteiger partial charge in [0.1, 0.15) is 0 Å². The Morgan fingerprint density at radius 2 is 2.55 bits per heavy atom. The molecule has 0 bridgehead atoms. The second kappa shape index (κ2) is 3.93. The summed E-state index contributed by atoms with van der Waals surface area (Å²) in [5, 5.41) is 2.90. The van der Waals surface area contributed by atoms with Gasteiger partial charge in [-0.25, -0.2) is 0 Å². The molecule has 1 fully saturated rings. The predicted molar refractivity (Wildman–Crippen MR) is 44.9 cm³/mol. The van der Waals surface area contributed by atoms with Crippen molar-refractivity contribution < 1.29 is 4.79 Å². The summed E-state index contributed by atoms with van der Waals surface area (Å²) in [7, 11) is 0. The minimum Gasteiger partial charge on any atom is -0.324 e. The average Bonchev–Trinajstić information content (AvgIpc) is 2.04. The first kappa shape index (κ1) is 8.81. The van der Waals surface area contributed by atoms with Crippen molar-refractivity contribution in [2.75, 3.05) is 19.6 Å². The fourth-order valence-electron chi connectivity index (χ4n) is 1.36. The van der Waals surface area contributed by atoms with Crippen molar-refractivity contribution in [3.05, 3.63) is 0 Å². The molecule has 0 aromatic carbocycles. The van der Waals surface area contributed by atoms with Crippen LogP contribution in [0.5, 0.6) is 0 Å². The van der Waals surface area contributed by atoms with E-state index in [-0.39, 0.29) is 11.4 Å². The number of carbonyl (C=O) groups is 1. The van der Waals surface area contributed by atoms with Crippen LogP contribution < -0.4 is 5.32 Å². The molecule has 4 heteroatoms. The molecule has 1 heterocycles. The van der Waals surface area contributed by atoms with Crippen LogP contribution in [0.4, 0.5) is 4.79 Å². The molecule has 11 heavy (non-hydrogen) atoms. The Hall–Kier alpha value is -0.280. The zero-order valence-corrected chi connectivity index (χ0v) is 7.40. The lowest BCUT2D eigenvalue weighted by atomic mass is 10.1. The van der Waals surface area contributed by atoms with Crippen molar-refractivity contribution in [1.29, 1.82) is 0 Å². The third-order valence-corrected chi connectivity index (χ3v) is 2.26. The summed E-state index contributed by atoms with van der Waals surface area (Å²) in [6.45, 7) is 4.52. The van der Waals surface area contributed by atoms with Gasteiger partial charge in [-0.1, -0.05) is 6.92 Å². The van der Waals surface area contributed by atoms with Gasteiger partial charge in [-0.15, -0.1) is 0 Å². The monoisotopic (exact) mass is 176 g/mol. The summed E-state index contributed by atoms with van der Waals surface area (Å²) in [5.41, 5.74) is 0. The van der Waals surface area contributed by atoms with E-state index in [1.54, 1.807) is 4.90 Å². The second-order valence-electron chi connectivity index (χ2n) is 2.71. The van der Waals surface area contributed by atoms with Gasteiger partial charge in [0.25, 0.3) is 0 Å². The maximum Gasteiger partial charge on any atom is 0.316 e. The number of amides is 1. The van der Waals surface area contributed by atoms with E-state index in [0.29, 0.717) is 0 Å². The first-order valence-electron chi connectivity index (χ1n) is 3.92. The van der Waals surface area contributed by atoms with Gasteiger partial charge in [0.05, 0.1) is 0 Å². The Bertz CT molecular complexity index is 151. The molecule has 1 atom stereocenters. The molecule has 1 rings (SSSR count). The molecule has 0 radical (unpaired) electrons. The summed E-state index contributed by atoms with van der Waals surface area (Å²) in [5.74, 6) is 0. The van der Waals surface area contributed by atoms with Crippen LogP contribution in [0.3, 0.4) is 0 Å². The van der Waals surface area contributed by atoms with E-state index in [1.807, 2.05) is 0 Å². The van der Waals surface area contributed by atoms with Gasteiger partial charge in [-0.3, -0.25) is 4.79 Å². The van der Waals surface area contributed by atoms with Crippen molar-refractivity contribution in [3.63, 3.8) is 0 Å². The van der Waals surface area contributed by atoms with Crippen molar-refractivity contribution in [2.45, 2.75) is 19.4 Å². The molecule has 0 aliphatic carbocycles. The highest BCUT2D eigenvalue weighted by Gasteiger charge is 2.23. The molecule has 64 valence electrons. The molecule has 1 amide bonds. The Kier molecular flexibility index (Phi) is 3.15. The van der Waals surface area contributed by atoms with Crippen LogP contribution in [0.2, 0.25) is 0 Å². The van der Waals surface area contributed by atoms with E-state index in [9.17, 15) is 4.79 Å². The number of halogens is 1. The first-order chi connectivity index (χ1) is 5.25. The van der Waals surface area contributed by atoms with Gasteiger partial charge >= 0.3 is 5.37 Å². The van der Waals surface area contributed by atoms with Gasteiger partial charge in [0.15, 0.2) is 0 Å². The summed E-state index contributed by atoms with van der Waals surface area (Å²) in [6, 6.07) is 0.286. The van der Waals surface area contributed by atoms with Crippen LogP contribution >= 0.6 is 11.6 Å². The summed E-state index contributed by atoms with van der Waals surface area (Å²) >= 11 is 5.39. The van der Waals surface area contributed by atoms with Crippen molar-refractivity contribution >= 4 is 17.0 Å². The van der Waals surface area contributed by atoms with Crippen LogP contribution in [0.1, 0.15) is 13.3 Å². The van der Waals surface area contributed by atoms with Gasteiger partial charge in [-0.05, 0) is 18.0 Å². The average molecular weight is 177 g/mol. The lowest BCUT2D eigenvalue weighted by Gasteiger charge is -2.33. The summed E-state index contributed by atoms with van der Waals surface area (Å²) in [6.07, 6.45) is 0.964. The highest BCUT2D eigenvalue weighted by atomic mass is 35.5. The van der Waals surface area contributed by atoms with E-state index in [0.717, 1.165) is 26.1 Å². The number of nitrogens with one attached hydrogen (secondary N) is 1. The molecule has 3 nitrogen and oxygen atoms in total. The molecular formula is C7H13ClN2O. The number of nitrogens with zero attached hydrogens (tertiary/aromatic N) is 1. The molecule has 0 spiro atoms. The van der Waals surface area contributed by atoms with Crippen molar-refractivity contribution in [3.8, 4) is 0 Å². The normalized spacial score (nSPS) is 25.3. The number of piperazine rings is 1. The van der Waals surface area contributed by atoms with Crippen LogP contribution in [0.15, 0.2) is 0 Å². The molecule has 0 aromatic heterocycles. The number of hydrogen-bond donors (Lipinski definition) is 1. The molecule has 1 saturated heterocycles. The van der Waals surface area contributed by atoms with E-state index in [1.165, 1.54) is 0 Å². The highest BCUT2D eigenvalue weighted by molar-refractivity contribution is 6.62. The fraction of sp³-hybridized carbons (Fsp3) is 0.857. The zero-order chi connectivity index (χ0) is 8.27. The third-order valence-electron chi connectivity index (χ3n) is 2.05. The van der Waals surface area contributed by atoms with Crippen LogP contribution in [-0.4, -0.2) is 35.9 Å². The van der Waals surface area contributed by atoms with E-state index < -0.39 is 0 Å². The molecule has 1 aliphatic heterocycles. The number of hydrogen-bond acceptors (Lipinski definition) is 2. The molecule has 0 aromatic rings. The smallest absolute Gasteiger partial charge is 0.316 e. The molecule has 1 unspecified atom stereocenters. The van der Waals surface area contributed by atoms with E-state index in [2.05, 4.69) is 12.2 Å². The van der Waals surface area contributed by atoms with Crippen LogP contribution in [-0.2, 0) is 0 Å². The SMILES string of the molecule is CCC1CNCCN1C(=O)Cl. The van der Waals surface area contributed by atoms with E-state index in [4.69, 9.17) is 11.6 Å². The summed E-state index contributed by atoms with van der Waals surface area (Å²) in [4.78, 5) is 12.6. The molecule has 0 saturated carbocycles. The van der Waals surface area contributed by atoms with E-state index >= 15 is 0 Å². The molecule has 1 aliphatic rings. The third kappa shape index (κ3) is 2.07. The lowest BCUT2D eigenvalue weighted by Crippen LogP contribution is -2.51. The Labute approximate surface area is 71.7 Å². The number of rotatable bonds is 1. The van der Waals surface area contributed by atoms with Crippen molar-refractivity contribution in [1.82, 2.24) is 10.2 Å². The zero-order valence-electron chi connectivity index (χ0n) is 6.64. The van der Waals surface area contributed by atoms with Gasteiger partial charge in [0, 0.05) is 25.7 Å². The van der Waals surface area contributed by atoms with Gasteiger partial charge in [-0.2, -0.15) is 0 Å². The molecule has 1 N–H and O–H groups in total. The highest BCUT2D eigenvalue weighted by Crippen LogP contribution is 2.09. The minimum absolute atomic E-state index is 0.286. The minimum atomic E-state index is -0.321. The maximum atomic E-state index is 10.8. The Morgan fingerprint density at radius 3 is 3.00 bits per heavy atom. The second-order valence-corrected chi connectivity index (χ2v) is 3.04. The van der Waals surface area contributed by atoms with Gasteiger partial charge in [0.2, 0.25) is 0 Å². The standard InChI is InChI=1S/C7H13ClN2O/c1-2-6-5-9-3-4-10(6)7(8)11/h6,9H,2-5H2,1H3. The lowest BCUT2D eigenvalue weighted by molar-refractivity contribution is 0.177. The fourth-order valence-corrected chi connectivity index (χ4v) is 1.58. The Morgan fingerprint density at radius 1 is 1.82 bits per heavy atom. The first-order valence-corrected chi connectivity index (χ1v) is 4.30. The van der Waals surface area contributed by atoms with Crippen molar-refractivity contribution in [2.24, 2.45) is 0 Å². The Balaban J connectivity index is 2.51. The quantitative estimate of drug-likeness (QED) is 0.478. The summed E-state index contributed by atoms with van der Waals surface area (Å²) < 4.78 is 0. The maximum absolute atomic E-state index is 10.8. The number of carbonyl (C=O) groups excluding carboxylic acids is 1. The largest absolute Gasteiger partial charge is 0.324 e. The van der Waals surface area contributed by atoms with Crippen LogP contribution in [0.25, 0.3) is 0 Å². The van der Waals surface area contributed by atoms with Gasteiger partial charge < -0.3 is 10.2 Å².